The van der Waals surface area contributed by atoms with Crippen molar-refractivity contribution < 1.29 is 9.72 Å². The molecule has 0 saturated heterocycles. The Morgan fingerprint density at radius 3 is 2.50 bits per heavy atom. The van der Waals surface area contributed by atoms with Crippen LogP contribution in [0, 0.1) is 10.1 Å². The summed E-state index contributed by atoms with van der Waals surface area (Å²) in [4.78, 5) is 34.7. The number of aromatic nitrogens is 3. The monoisotopic (exact) mass is 441 g/mol. The van der Waals surface area contributed by atoms with Gasteiger partial charge in [0.2, 0.25) is 5.95 Å². The van der Waals surface area contributed by atoms with Crippen molar-refractivity contribution in [3.8, 4) is 0 Å². The van der Waals surface area contributed by atoms with Gasteiger partial charge in [-0.1, -0.05) is 0 Å². The van der Waals surface area contributed by atoms with Gasteiger partial charge >= 0.3 is 0 Å². The molecule has 0 spiro atoms. The molecule has 2 aromatic rings. The maximum absolute atomic E-state index is 12.6. The van der Waals surface area contributed by atoms with Crippen molar-refractivity contribution in [2.45, 2.75) is 63.5 Å². The number of hydrogen-bond acceptors (Lipinski definition) is 7. The lowest BCUT2D eigenvalue weighted by Crippen LogP contribution is -2.40. The molecule has 2 N–H and O–H groups in total. The third kappa shape index (κ3) is 4.68. The van der Waals surface area contributed by atoms with Crippen molar-refractivity contribution in [1.29, 1.82) is 0 Å². The number of aryl methyl sites for hydroxylation is 2. The van der Waals surface area contributed by atoms with Crippen LogP contribution in [0.5, 0.6) is 0 Å². The maximum atomic E-state index is 12.6. The second kappa shape index (κ2) is 9.13. The molecule has 2 aliphatic carbocycles. The molecule has 0 bridgehead atoms. The predicted molar refractivity (Wildman–Crippen MR) is 122 cm³/mol. The van der Waals surface area contributed by atoms with Crippen LogP contribution >= 0.6 is 0 Å². The van der Waals surface area contributed by atoms with Crippen LogP contribution in [0.3, 0.4) is 0 Å². The van der Waals surface area contributed by atoms with Crippen molar-refractivity contribution in [1.82, 2.24) is 19.9 Å². The fraction of sp³-hybridized carbons (Fsp3) is 0.591. The van der Waals surface area contributed by atoms with Crippen molar-refractivity contribution in [3.63, 3.8) is 0 Å². The molecule has 0 aliphatic heterocycles. The highest BCUT2D eigenvalue weighted by Gasteiger charge is 2.26. The summed E-state index contributed by atoms with van der Waals surface area (Å²) in [6.45, 7) is 0. The van der Waals surface area contributed by atoms with Crippen LogP contribution in [-0.2, 0) is 19.9 Å². The molecule has 1 saturated carbocycles. The average Bonchev–Trinajstić information content (AvgIpc) is 3.16. The first-order chi connectivity index (χ1) is 15.3. The molecule has 1 amide bonds. The van der Waals surface area contributed by atoms with Crippen molar-refractivity contribution in [2.24, 2.45) is 7.05 Å². The molecule has 2 aliphatic rings. The van der Waals surface area contributed by atoms with Gasteiger partial charge in [-0.2, -0.15) is 4.98 Å². The lowest BCUT2D eigenvalue weighted by atomic mass is 9.91. The van der Waals surface area contributed by atoms with E-state index in [0.717, 1.165) is 50.0 Å². The number of hydrogen-bond donors (Lipinski definition) is 2. The molecule has 0 atom stereocenters. The van der Waals surface area contributed by atoms with E-state index in [2.05, 4.69) is 15.5 Å². The standard InChI is InChI=1S/C22H31N7O3/c1-27(2)20-17-6-4-5-7-18(17)25-22(26-20)24-15-10-8-14(9-11-15)23-21(30)19-12-16(29(31)32)13-28(19)3/h12-15H,4-11H2,1-3H3,(H,23,30)(H,24,25,26). The lowest BCUT2D eigenvalue weighted by molar-refractivity contribution is -0.384. The van der Waals surface area contributed by atoms with Crippen LogP contribution < -0.4 is 15.5 Å². The molecule has 172 valence electrons. The fourth-order valence-corrected chi connectivity index (χ4v) is 4.71. The Labute approximate surface area is 187 Å². The number of nitrogens with zero attached hydrogens (tertiary/aromatic N) is 5. The molecule has 0 unspecified atom stereocenters. The average molecular weight is 442 g/mol. The first-order valence-electron chi connectivity index (χ1n) is 11.3. The van der Waals surface area contributed by atoms with Gasteiger partial charge in [0, 0.05) is 44.9 Å². The molecular formula is C22H31N7O3. The van der Waals surface area contributed by atoms with Crippen LogP contribution in [-0.4, -0.2) is 51.5 Å². The van der Waals surface area contributed by atoms with Crippen LogP contribution in [0.25, 0.3) is 0 Å². The van der Waals surface area contributed by atoms with Crippen molar-refractivity contribution >= 4 is 23.4 Å². The van der Waals surface area contributed by atoms with E-state index in [4.69, 9.17) is 9.97 Å². The molecule has 2 heterocycles. The minimum absolute atomic E-state index is 0.0521. The summed E-state index contributed by atoms with van der Waals surface area (Å²) in [5, 5.41) is 17.5. The predicted octanol–water partition coefficient (Wildman–Crippen LogP) is 2.82. The highest BCUT2D eigenvalue weighted by Crippen LogP contribution is 2.29. The number of carbonyl (C=O) groups is 1. The molecule has 2 aromatic heterocycles. The number of amides is 1. The summed E-state index contributed by atoms with van der Waals surface area (Å²) in [5.41, 5.74) is 2.66. The summed E-state index contributed by atoms with van der Waals surface area (Å²) < 4.78 is 1.50. The van der Waals surface area contributed by atoms with Gasteiger partial charge < -0.3 is 20.1 Å². The Balaban J connectivity index is 1.35. The SMILES string of the molecule is CN(C)c1nc(NC2CCC(NC(=O)c3cc([N+](=O)[O-])cn3C)CC2)nc2c1CCCC2. The quantitative estimate of drug-likeness (QED) is 0.523. The van der Waals surface area contributed by atoms with E-state index in [0.29, 0.717) is 11.6 Å². The van der Waals surface area contributed by atoms with E-state index in [9.17, 15) is 14.9 Å². The normalized spacial score (nSPS) is 20.3. The zero-order valence-electron chi connectivity index (χ0n) is 18.9. The van der Waals surface area contributed by atoms with E-state index >= 15 is 0 Å². The van der Waals surface area contributed by atoms with Gasteiger partial charge in [-0.3, -0.25) is 14.9 Å². The van der Waals surface area contributed by atoms with E-state index < -0.39 is 4.92 Å². The Morgan fingerprint density at radius 1 is 1.16 bits per heavy atom. The molecule has 4 rings (SSSR count). The van der Waals surface area contributed by atoms with Gasteiger partial charge in [0.1, 0.15) is 11.5 Å². The molecule has 0 radical (unpaired) electrons. The van der Waals surface area contributed by atoms with E-state index in [1.165, 1.54) is 35.2 Å². The zero-order chi connectivity index (χ0) is 22.8. The summed E-state index contributed by atoms with van der Waals surface area (Å²) in [6, 6.07) is 1.63. The van der Waals surface area contributed by atoms with Crippen molar-refractivity contribution in [2.75, 3.05) is 24.3 Å². The second-order valence-electron chi connectivity index (χ2n) is 9.02. The van der Waals surface area contributed by atoms with Crippen molar-refractivity contribution in [3.05, 3.63) is 39.3 Å². The van der Waals surface area contributed by atoms with Gasteiger partial charge in [0.25, 0.3) is 11.6 Å². The summed E-state index contributed by atoms with van der Waals surface area (Å²) in [7, 11) is 5.69. The Kier molecular flexibility index (Phi) is 6.29. The van der Waals surface area contributed by atoms with E-state index in [-0.39, 0.29) is 23.7 Å². The third-order valence-corrected chi connectivity index (χ3v) is 6.41. The minimum Gasteiger partial charge on any atom is -0.362 e. The van der Waals surface area contributed by atoms with Gasteiger partial charge in [-0.15, -0.1) is 0 Å². The first-order valence-corrected chi connectivity index (χ1v) is 11.3. The van der Waals surface area contributed by atoms with Crippen LogP contribution in [0.2, 0.25) is 0 Å². The van der Waals surface area contributed by atoms with Crippen LogP contribution in [0.15, 0.2) is 12.3 Å². The topological polar surface area (TPSA) is 118 Å². The van der Waals surface area contributed by atoms with Crippen LogP contribution in [0.1, 0.15) is 60.3 Å². The zero-order valence-corrected chi connectivity index (χ0v) is 18.9. The largest absolute Gasteiger partial charge is 0.362 e. The summed E-state index contributed by atoms with van der Waals surface area (Å²) >= 11 is 0. The Morgan fingerprint density at radius 2 is 1.84 bits per heavy atom. The second-order valence-corrected chi connectivity index (χ2v) is 9.02. The first kappa shape index (κ1) is 22.0. The number of nitro groups is 1. The molecular weight excluding hydrogens is 410 g/mol. The lowest BCUT2D eigenvalue weighted by Gasteiger charge is -2.30. The molecule has 1 fully saturated rings. The molecule has 10 nitrogen and oxygen atoms in total. The summed E-state index contributed by atoms with van der Waals surface area (Å²) in [5.74, 6) is 1.43. The van der Waals surface area contributed by atoms with Gasteiger partial charge in [0.15, 0.2) is 0 Å². The van der Waals surface area contributed by atoms with Crippen LogP contribution in [0.4, 0.5) is 17.5 Å². The highest BCUT2D eigenvalue weighted by molar-refractivity contribution is 5.93. The third-order valence-electron chi connectivity index (χ3n) is 6.41. The molecule has 10 heteroatoms. The number of rotatable bonds is 6. The highest BCUT2D eigenvalue weighted by atomic mass is 16.6. The number of carbonyl (C=O) groups excluding carboxylic acids is 1. The van der Waals surface area contributed by atoms with Gasteiger partial charge in [-0.25, -0.2) is 4.98 Å². The maximum Gasteiger partial charge on any atom is 0.287 e. The number of fused-ring (bicyclic) bond motifs is 1. The van der Waals surface area contributed by atoms with E-state index in [1.807, 2.05) is 14.1 Å². The smallest absolute Gasteiger partial charge is 0.287 e. The fourth-order valence-electron chi connectivity index (χ4n) is 4.71. The minimum atomic E-state index is -0.488. The Bertz CT molecular complexity index is 1010. The molecule has 32 heavy (non-hydrogen) atoms. The van der Waals surface area contributed by atoms with E-state index in [1.54, 1.807) is 7.05 Å². The molecule has 0 aromatic carbocycles. The Hall–Kier alpha value is -3.17. The van der Waals surface area contributed by atoms with Gasteiger partial charge in [-0.05, 0) is 51.4 Å². The summed E-state index contributed by atoms with van der Waals surface area (Å²) in [6.07, 6.45) is 9.23. The number of anilines is 2. The number of nitrogens with one attached hydrogen (secondary N) is 2. The van der Waals surface area contributed by atoms with Gasteiger partial charge in [0.05, 0.1) is 16.8 Å².